The molecule has 8 N–H and O–H groups in total. The maximum absolute atomic E-state index is 12.8. The van der Waals surface area contributed by atoms with Crippen molar-refractivity contribution in [3.63, 3.8) is 0 Å². The van der Waals surface area contributed by atoms with E-state index in [0.29, 0.717) is 12.0 Å². The van der Waals surface area contributed by atoms with Crippen molar-refractivity contribution in [2.45, 2.75) is 70.3 Å². The Kier molecular flexibility index (Phi) is 11.8. The fraction of sp³-hybridized carbons (Fsp3) is 0.522. The minimum atomic E-state index is -1.67. The molecule has 0 saturated carbocycles. The number of carboxylic acids is 2. The van der Waals surface area contributed by atoms with Crippen LogP contribution in [0.1, 0.15) is 39.2 Å². The number of aliphatic hydroxyl groups excluding tert-OH is 1. The van der Waals surface area contributed by atoms with Crippen molar-refractivity contribution in [2.24, 2.45) is 11.7 Å². The minimum absolute atomic E-state index is 0.0737. The summed E-state index contributed by atoms with van der Waals surface area (Å²) in [6, 6.07) is 2.93. The van der Waals surface area contributed by atoms with Gasteiger partial charge in [-0.05, 0) is 24.8 Å². The van der Waals surface area contributed by atoms with Gasteiger partial charge >= 0.3 is 11.9 Å². The summed E-state index contributed by atoms with van der Waals surface area (Å²) in [5.41, 5.74) is 6.42. The summed E-state index contributed by atoms with van der Waals surface area (Å²) in [6.07, 6.45) is -2.01. The first-order valence-electron chi connectivity index (χ1n) is 11.1. The summed E-state index contributed by atoms with van der Waals surface area (Å²) in [7, 11) is 0. The molecule has 0 radical (unpaired) electrons. The number of nitrogens with two attached hydrogens (primary N) is 1. The maximum Gasteiger partial charge on any atom is 0.326 e. The van der Waals surface area contributed by atoms with Crippen LogP contribution in [0.2, 0.25) is 0 Å². The van der Waals surface area contributed by atoms with Crippen LogP contribution in [0.5, 0.6) is 0 Å². The standard InChI is InChI=1S/C23H34N4O8/c1-12(2)9-15(24)20(31)27-19(13(3)28)22(33)25-16(11-18(29)30)21(32)26-17(23(34)35)10-14-7-5-4-6-8-14/h4-8,12-13,15-17,19,28H,9-11,24H2,1-3H3,(H,25,33)(H,26,32)(H,27,31)(H,29,30)(H,34,35). The van der Waals surface area contributed by atoms with Crippen LogP contribution in [0.15, 0.2) is 30.3 Å². The Hall–Kier alpha value is -3.51. The molecule has 0 aliphatic heterocycles. The molecule has 3 amide bonds. The maximum atomic E-state index is 12.8. The van der Waals surface area contributed by atoms with Crippen LogP contribution in [-0.4, -0.2) is 75.3 Å². The Morgan fingerprint density at radius 2 is 1.43 bits per heavy atom. The second kappa shape index (κ2) is 14.0. The van der Waals surface area contributed by atoms with Crippen molar-refractivity contribution >= 4 is 29.7 Å². The average molecular weight is 495 g/mol. The molecule has 0 spiro atoms. The number of hydrogen-bond acceptors (Lipinski definition) is 7. The van der Waals surface area contributed by atoms with Crippen LogP contribution in [0.25, 0.3) is 0 Å². The lowest BCUT2D eigenvalue weighted by molar-refractivity contribution is -0.143. The van der Waals surface area contributed by atoms with Gasteiger partial charge in [-0.3, -0.25) is 19.2 Å². The first-order valence-corrected chi connectivity index (χ1v) is 11.1. The molecule has 35 heavy (non-hydrogen) atoms. The molecule has 0 aliphatic rings. The van der Waals surface area contributed by atoms with Gasteiger partial charge in [0.15, 0.2) is 0 Å². The number of benzene rings is 1. The molecule has 0 bridgehead atoms. The molecule has 1 aromatic carbocycles. The highest BCUT2D eigenvalue weighted by molar-refractivity contribution is 5.95. The Bertz CT molecular complexity index is 891. The van der Waals surface area contributed by atoms with Gasteiger partial charge in [0, 0.05) is 6.42 Å². The zero-order valence-corrected chi connectivity index (χ0v) is 19.9. The number of nitrogens with one attached hydrogen (secondary N) is 3. The molecule has 0 aromatic heterocycles. The van der Waals surface area contributed by atoms with Gasteiger partial charge < -0.3 is 37.0 Å². The molecular weight excluding hydrogens is 460 g/mol. The van der Waals surface area contributed by atoms with Gasteiger partial charge in [0.1, 0.15) is 18.1 Å². The zero-order valence-electron chi connectivity index (χ0n) is 19.9. The fourth-order valence-corrected chi connectivity index (χ4v) is 3.25. The lowest BCUT2D eigenvalue weighted by Crippen LogP contribution is -2.60. The predicted molar refractivity (Wildman–Crippen MR) is 125 cm³/mol. The van der Waals surface area contributed by atoms with Gasteiger partial charge in [-0.15, -0.1) is 0 Å². The van der Waals surface area contributed by atoms with E-state index in [-0.39, 0.29) is 12.3 Å². The number of rotatable bonds is 14. The lowest BCUT2D eigenvalue weighted by Gasteiger charge is -2.26. The molecular formula is C23H34N4O8. The molecule has 1 rings (SSSR count). The average Bonchev–Trinajstić information content (AvgIpc) is 2.75. The van der Waals surface area contributed by atoms with E-state index in [9.17, 15) is 39.3 Å². The molecule has 0 saturated heterocycles. The third-order valence-electron chi connectivity index (χ3n) is 5.03. The van der Waals surface area contributed by atoms with E-state index >= 15 is 0 Å². The third kappa shape index (κ3) is 10.5. The molecule has 194 valence electrons. The van der Waals surface area contributed by atoms with Crippen LogP contribution in [0, 0.1) is 5.92 Å². The van der Waals surface area contributed by atoms with Gasteiger partial charge in [-0.25, -0.2) is 4.79 Å². The van der Waals surface area contributed by atoms with E-state index in [0.717, 1.165) is 0 Å². The number of hydrogen-bond donors (Lipinski definition) is 7. The van der Waals surface area contributed by atoms with E-state index in [2.05, 4.69) is 16.0 Å². The third-order valence-corrected chi connectivity index (χ3v) is 5.03. The summed E-state index contributed by atoms with van der Waals surface area (Å²) in [4.78, 5) is 60.8. The van der Waals surface area contributed by atoms with E-state index in [1.54, 1.807) is 30.3 Å². The Morgan fingerprint density at radius 3 is 1.91 bits per heavy atom. The van der Waals surface area contributed by atoms with E-state index < -0.39 is 66.4 Å². The van der Waals surface area contributed by atoms with E-state index in [1.165, 1.54) is 6.92 Å². The summed E-state index contributed by atoms with van der Waals surface area (Å²) >= 11 is 0. The van der Waals surface area contributed by atoms with Crippen molar-refractivity contribution in [3.05, 3.63) is 35.9 Å². The van der Waals surface area contributed by atoms with Crippen molar-refractivity contribution in [1.82, 2.24) is 16.0 Å². The molecule has 5 unspecified atom stereocenters. The van der Waals surface area contributed by atoms with Gasteiger partial charge in [0.05, 0.1) is 18.6 Å². The Morgan fingerprint density at radius 1 is 0.857 bits per heavy atom. The largest absolute Gasteiger partial charge is 0.481 e. The van der Waals surface area contributed by atoms with Gasteiger partial charge in [0.2, 0.25) is 17.7 Å². The van der Waals surface area contributed by atoms with Crippen molar-refractivity contribution in [3.8, 4) is 0 Å². The molecule has 1 aromatic rings. The van der Waals surface area contributed by atoms with Crippen molar-refractivity contribution < 1.29 is 39.3 Å². The Labute approximate surface area is 203 Å². The van der Waals surface area contributed by atoms with Crippen LogP contribution in [0.4, 0.5) is 0 Å². The van der Waals surface area contributed by atoms with Crippen LogP contribution in [0.3, 0.4) is 0 Å². The predicted octanol–water partition coefficient (Wildman–Crippen LogP) is -1.00. The highest BCUT2D eigenvalue weighted by Crippen LogP contribution is 2.07. The topological polar surface area (TPSA) is 208 Å². The number of aliphatic carboxylic acids is 2. The number of amides is 3. The highest BCUT2D eigenvalue weighted by atomic mass is 16.4. The Balaban J connectivity index is 2.97. The summed E-state index contributed by atoms with van der Waals surface area (Å²) in [5, 5.41) is 35.4. The smallest absolute Gasteiger partial charge is 0.326 e. The number of carbonyl (C=O) groups is 5. The second-order valence-corrected chi connectivity index (χ2v) is 8.71. The van der Waals surface area contributed by atoms with Crippen molar-refractivity contribution in [2.75, 3.05) is 0 Å². The van der Waals surface area contributed by atoms with E-state index in [4.69, 9.17) is 5.73 Å². The quantitative estimate of drug-likeness (QED) is 0.169. The number of carbonyl (C=O) groups excluding carboxylic acids is 3. The summed E-state index contributed by atoms with van der Waals surface area (Å²) in [5.74, 6) is -5.46. The van der Waals surface area contributed by atoms with Crippen LogP contribution in [-0.2, 0) is 30.4 Å². The molecule has 0 fully saturated rings. The van der Waals surface area contributed by atoms with E-state index in [1.807, 2.05) is 13.8 Å². The van der Waals surface area contributed by atoms with Gasteiger partial charge in [0.25, 0.3) is 0 Å². The molecule has 5 atom stereocenters. The molecule has 12 heteroatoms. The first kappa shape index (κ1) is 29.5. The highest BCUT2D eigenvalue weighted by Gasteiger charge is 2.33. The fourth-order valence-electron chi connectivity index (χ4n) is 3.25. The first-order chi connectivity index (χ1) is 16.3. The zero-order chi connectivity index (χ0) is 26.7. The lowest BCUT2D eigenvalue weighted by atomic mass is 10.0. The summed E-state index contributed by atoms with van der Waals surface area (Å²) < 4.78 is 0. The normalized spacial score (nSPS) is 15.3. The molecule has 0 heterocycles. The van der Waals surface area contributed by atoms with Crippen molar-refractivity contribution in [1.29, 1.82) is 0 Å². The van der Waals surface area contributed by atoms with Crippen LogP contribution >= 0.6 is 0 Å². The number of carboxylic acid groups (broad SMARTS) is 2. The van der Waals surface area contributed by atoms with Crippen LogP contribution < -0.4 is 21.7 Å². The summed E-state index contributed by atoms with van der Waals surface area (Å²) in [6.45, 7) is 4.93. The van der Waals surface area contributed by atoms with Gasteiger partial charge in [-0.2, -0.15) is 0 Å². The van der Waals surface area contributed by atoms with Gasteiger partial charge in [-0.1, -0.05) is 44.2 Å². The minimum Gasteiger partial charge on any atom is -0.481 e. The molecule has 12 nitrogen and oxygen atoms in total. The molecule has 0 aliphatic carbocycles. The number of aliphatic hydroxyl groups is 1. The second-order valence-electron chi connectivity index (χ2n) is 8.71. The monoisotopic (exact) mass is 494 g/mol. The SMILES string of the molecule is CC(C)CC(N)C(=O)NC(C(=O)NC(CC(=O)O)C(=O)NC(Cc1ccccc1)C(=O)O)C(C)O.